The van der Waals surface area contributed by atoms with Crippen LogP contribution < -0.4 is 20.9 Å². The number of imide groups is 1. The van der Waals surface area contributed by atoms with Gasteiger partial charge in [-0.3, -0.25) is 25.3 Å². The van der Waals surface area contributed by atoms with Crippen LogP contribution in [0.2, 0.25) is 0 Å². The molecule has 2 aromatic rings. The molecule has 0 spiro atoms. The quantitative estimate of drug-likeness (QED) is 0.478. The minimum absolute atomic E-state index is 0.372. The lowest BCUT2D eigenvalue weighted by Crippen LogP contribution is -2.44. The van der Waals surface area contributed by atoms with E-state index in [-0.39, 0.29) is 5.69 Å². The molecule has 11 heteroatoms. The summed E-state index contributed by atoms with van der Waals surface area (Å²) in [5.74, 6) is -0.987. The van der Waals surface area contributed by atoms with Gasteiger partial charge >= 0.3 is 12.2 Å². The minimum Gasteiger partial charge on any atom is -0.497 e. The molecule has 1 fully saturated rings. The molecule has 1 aliphatic rings. The number of urea groups is 1. The lowest BCUT2D eigenvalue weighted by atomic mass is 9.92. The van der Waals surface area contributed by atoms with Crippen molar-refractivity contribution in [3.63, 3.8) is 0 Å². The molecule has 0 unspecified atom stereocenters. The maximum Gasteiger partial charge on any atom is 0.418 e. The summed E-state index contributed by atoms with van der Waals surface area (Å²) < 4.78 is 44.2. The molecule has 1 atom stereocenters. The van der Waals surface area contributed by atoms with Crippen LogP contribution in [0.15, 0.2) is 48.5 Å². The van der Waals surface area contributed by atoms with Crippen LogP contribution in [0.5, 0.6) is 5.75 Å². The van der Waals surface area contributed by atoms with Crippen LogP contribution in [0.1, 0.15) is 18.1 Å². The second kappa shape index (κ2) is 8.17. The van der Waals surface area contributed by atoms with Gasteiger partial charge in [0.25, 0.3) is 11.8 Å². The third kappa shape index (κ3) is 4.39. The summed E-state index contributed by atoms with van der Waals surface area (Å²) in [5, 5.41) is 2.54. The Balaban J connectivity index is 1.68. The number of anilines is 1. The first-order chi connectivity index (χ1) is 14.6. The van der Waals surface area contributed by atoms with Crippen LogP contribution in [-0.4, -0.2) is 36.4 Å². The van der Waals surface area contributed by atoms with Gasteiger partial charge in [0.2, 0.25) is 0 Å². The van der Waals surface area contributed by atoms with E-state index in [1.54, 1.807) is 24.3 Å². The van der Waals surface area contributed by atoms with Crippen molar-refractivity contribution >= 4 is 23.5 Å². The van der Waals surface area contributed by atoms with E-state index in [1.807, 2.05) is 0 Å². The molecule has 0 saturated carbocycles. The van der Waals surface area contributed by atoms with Gasteiger partial charge in [-0.1, -0.05) is 24.3 Å². The maximum atomic E-state index is 13.0. The van der Waals surface area contributed by atoms with E-state index < -0.39 is 41.7 Å². The Labute approximate surface area is 175 Å². The number of benzene rings is 2. The lowest BCUT2D eigenvalue weighted by molar-refractivity contribution is -0.137. The summed E-state index contributed by atoms with van der Waals surface area (Å²) in [4.78, 5) is 38.1. The average molecular weight is 436 g/mol. The van der Waals surface area contributed by atoms with E-state index in [0.29, 0.717) is 16.2 Å². The van der Waals surface area contributed by atoms with Gasteiger partial charge in [-0.05, 0) is 36.8 Å². The van der Waals surface area contributed by atoms with Gasteiger partial charge in [0.1, 0.15) is 17.8 Å². The smallest absolute Gasteiger partial charge is 0.418 e. The molecular weight excluding hydrogens is 417 g/mol. The number of alkyl halides is 3. The molecule has 1 saturated heterocycles. The topological polar surface area (TPSA) is 99.8 Å². The van der Waals surface area contributed by atoms with Gasteiger partial charge in [-0.15, -0.1) is 0 Å². The summed E-state index contributed by atoms with van der Waals surface area (Å²) in [6, 6.07) is 10.2. The number of methoxy groups -OCH3 is 1. The second-order valence-electron chi connectivity index (χ2n) is 6.89. The molecule has 0 aromatic heterocycles. The van der Waals surface area contributed by atoms with Gasteiger partial charge in [-0.2, -0.15) is 13.2 Å². The van der Waals surface area contributed by atoms with Gasteiger partial charge in [0.05, 0.1) is 18.4 Å². The van der Waals surface area contributed by atoms with E-state index in [4.69, 9.17) is 4.74 Å². The van der Waals surface area contributed by atoms with Crippen LogP contribution in [-0.2, 0) is 21.3 Å². The third-order valence-electron chi connectivity index (χ3n) is 4.81. The van der Waals surface area contributed by atoms with Crippen molar-refractivity contribution in [1.82, 2.24) is 15.6 Å². The Bertz CT molecular complexity index is 1010. The highest BCUT2D eigenvalue weighted by atomic mass is 19.4. The molecule has 0 aliphatic carbocycles. The molecule has 3 rings (SSSR count). The number of hydrogen-bond acceptors (Lipinski definition) is 5. The molecule has 0 bridgehead atoms. The maximum absolute atomic E-state index is 13.0. The average Bonchev–Trinajstić information content (AvgIpc) is 2.95. The summed E-state index contributed by atoms with van der Waals surface area (Å²) >= 11 is 0. The first kappa shape index (κ1) is 21.9. The number of hydrogen-bond donors (Lipinski definition) is 3. The van der Waals surface area contributed by atoms with Crippen LogP contribution in [0.25, 0.3) is 0 Å². The number of amides is 4. The van der Waals surface area contributed by atoms with Crippen molar-refractivity contribution in [2.45, 2.75) is 18.6 Å². The highest BCUT2D eigenvalue weighted by Gasteiger charge is 2.49. The van der Waals surface area contributed by atoms with Crippen molar-refractivity contribution in [3.05, 3.63) is 59.7 Å². The summed E-state index contributed by atoms with van der Waals surface area (Å²) in [6.07, 6.45) is -4.63. The van der Waals surface area contributed by atoms with Gasteiger partial charge in [0, 0.05) is 0 Å². The highest BCUT2D eigenvalue weighted by Crippen LogP contribution is 2.34. The SMILES string of the molecule is COc1ccc([C@@]2(C)NC(=O)N(CC(=O)NNc3ccccc3C(F)(F)F)C2=O)cc1. The zero-order valence-corrected chi connectivity index (χ0v) is 16.5. The number of ether oxygens (including phenoxy) is 1. The zero-order valence-electron chi connectivity index (χ0n) is 16.5. The predicted molar refractivity (Wildman–Crippen MR) is 104 cm³/mol. The van der Waals surface area contributed by atoms with Crippen molar-refractivity contribution in [2.24, 2.45) is 0 Å². The molecule has 2 aromatic carbocycles. The summed E-state index contributed by atoms with van der Waals surface area (Å²) in [5.41, 5.74) is 2.00. The van der Waals surface area contributed by atoms with Crippen molar-refractivity contribution < 1.29 is 32.3 Å². The third-order valence-corrected chi connectivity index (χ3v) is 4.81. The Morgan fingerprint density at radius 2 is 1.77 bits per heavy atom. The molecule has 31 heavy (non-hydrogen) atoms. The van der Waals surface area contributed by atoms with Crippen molar-refractivity contribution in [3.8, 4) is 5.75 Å². The monoisotopic (exact) mass is 436 g/mol. The van der Waals surface area contributed by atoms with E-state index in [9.17, 15) is 27.6 Å². The van der Waals surface area contributed by atoms with Gasteiger partial charge in [-0.25, -0.2) is 4.79 Å². The van der Waals surface area contributed by atoms with Gasteiger partial charge in [0.15, 0.2) is 0 Å². The highest BCUT2D eigenvalue weighted by molar-refractivity contribution is 6.09. The number of halogens is 3. The van der Waals surface area contributed by atoms with Crippen molar-refractivity contribution in [2.75, 3.05) is 19.1 Å². The molecule has 3 N–H and O–H groups in total. The molecule has 164 valence electrons. The standard InChI is InChI=1S/C20H19F3N4O4/c1-19(12-7-9-13(31-2)10-8-12)17(29)27(18(30)24-19)11-16(28)26-25-15-6-4-3-5-14(15)20(21,22)23/h3-10,25H,11H2,1-2H3,(H,24,30)(H,26,28)/t19-/m1/s1. The minimum atomic E-state index is -4.63. The number of para-hydroxylation sites is 1. The van der Waals surface area contributed by atoms with Crippen LogP contribution in [0.4, 0.5) is 23.7 Å². The lowest BCUT2D eigenvalue weighted by Gasteiger charge is -2.22. The number of carbonyl (C=O) groups excluding carboxylic acids is 3. The summed E-state index contributed by atoms with van der Waals surface area (Å²) in [7, 11) is 1.49. The Morgan fingerprint density at radius 1 is 1.13 bits per heavy atom. The Hall–Kier alpha value is -3.76. The van der Waals surface area contributed by atoms with E-state index in [0.717, 1.165) is 12.1 Å². The van der Waals surface area contributed by atoms with Crippen LogP contribution >= 0.6 is 0 Å². The van der Waals surface area contributed by atoms with E-state index in [2.05, 4.69) is 16.2 Å². The number of nitrogens with one attached hydrogen (secondary N) is 3. The predicted octanol–water partition coefficient (Wildman–Crippen LogP) is 2.62. The molecule has 8 nitrogen and oxygen atoms in total. The molecule has 4 amide bonds. The Kier molecular flexibility index (Phi) is 5.78. The number of hydrazine groups is 1. The second-order valence-corrected chi connectivity index (χ2v) is 6.89. The van der Waals surface area contributed by atoms with Crippen molar-refractivity contribution in [1.29, 1.82) is 0 Å². The molecule has 1 heterocycles. The Morgan fingerprint density at radius 3 is 2.39 bits per heavy atom. The van der Waals surface area contributed by atoms with E-state index in [1.165, 1.54) is 26.2 Å². The number of rotatable bonds is 6. The normalized spacial score (nSPS) is 18.5. The fourth-order valence-corrected chi connectivity index (χ4v) is 3.12. The largest absolute Gasteiger partial charge is 0.497 e. The molecular formula is C20H19F3N4O4. The summed E-state index contributed by atoms with van der Waals surface area (Å²) in [6.45, 7) is 0.808. The zero-order chi connectivity index (χ0) is 22.8. The fraction of sp³-hybridized carbons (Fsp3) is 0.250. The number of carbonyl (C=O) groups is 3. The van der Waals surface area contributed by atoms with Crippen LogP contribution in [0, 0.1) is 0 Å². The fourth-order valence-electron chi connectivity index (χ4n) is 3.12. The number of nitrogens with zero attached hydrogens (tertiary/aromatic N) is 1. The van der Waals surface area contributed by atoms with Crippen LogP contribution in [0.3, 0.4) is 0 Å². The first-order valence-electron chi connectivity index (χ1n) is 9.06. The van der Waals surface area contributed by atoms with E-state index >= 15 is 0 Å². The first-order valence-corrected chi connectivity index (χ1v) is 9.06. The molecule has 0 radical (unpaired) electrons. The molecule has 1 aliphatic heterocycles. The van der Waals surface area contributed by atoms with Gasteiger partial charge < -0.3 is 10.1 Å².